The smallest absolute Gasteiger partial charge is 0.339 e. The third-order valence-electron chi connectivity index (χ3n) is 4.15. The molecule has 0 radical (unpaired) electrons. The summed E-state index contributed by atoms with van der Waals surface area (Å²) in [5, 5.41) is 0.637. The molecule has 0 aromatic heterocycles. The van der Waals surface area contributed by atoms with Crippen molar-refractivity contribution in [3.05, 3.63) is 107 Å². The molecule has 0 saturated carbocycles. The fraction of sp³-hybridized carbons (Fsp3) is 0.0417. The maximum absolute atomic E-state index is 12.3. The zero-order valence-corrected chi connectivity index (χ0v) is 17.7. The van der Waals surface area contributed by atoms with Gasteiger partial charge >= 0.3 is 10.1 Å². The molecule has 0 fully saturated rings. The number of hydrogen-bond donors (Lipinski definition) is 0. The third-order valence-corrected chi connectivity index (χ3v) is 5.66. The van der Waals surface area contributed by atoms with Gasteiger partial charge in [-0.3, -0.25) is 4.79 Å². The third kappa shape index (κ3) is 6.17. The zero-order chi connectivity index (χ0) is 21.6. The summed E-state index contributed by atoms with van der Waals surface area (Å²) >= 11 is 5.83. The molecule has 0 spiro atoms. The average Bonchev–Trinajstić information content (AvgIpc) is 2.73. The Bertz CT molecular complexity index is 1180. The summed E-state index contributed by atoms with van der Waals surface area (Å²) < 4.78 is 29.8. The lowest BCUT2D eigenvalue weighted by molar-refractivity contribution is -0.110. The Morgan fingerprint density at radius 1 is 0.800 bits per heavy atom. The summed E-state index contributed by atoms with van der Waals surface area (Å²) in [6.45, 7) is 1.88. The van der Waals surface area contributed by atoms with Crippen molar-refractivity contribution in [3.8, 4) is 5.75 Å². The highest BCUT2D eigenvalue weighted by Crippen LogP contribution is 2.20. The highest BCUT2D eigenvalue weighted by atomic mass is 35.5. The maximum Gasteiger partial charge on any atom is 0.339 e. The minimum absolute atomic E-state index is 0.0927. The maximum atomic E-state index is 12.3. The Labute approximate surface area is 181 Å². The number of allylic oxidation sites excluding steroid dienone is 2. The lowest BCUT2D eigenvalue weighted by atomic mass is 10.1. The first kappa shape index (κ1) is 21.6. The molecule has 0 aliphatic carbocycles. The molecular weight excluding hydrogens is 420 g/mol. The van der Waals surface area contributed by atoms with E-state index in [1.165, 1.54) is 24.3 Å². The minimum Gasteiger partial charge on any atom is -0.379 e. The van der Waals surface area contributed by atoms with Crippen LogP contribution in [-0.2, 0) is 14.9 Å². The highest BCUT2D eigenvalue weighted by molar-refractivity contribution is 7.87. The zero-order valence-electron chi connectivity index (χ0n) is 16.2. The largest absolute Gasteiger partial charge is 0.379 e. The molecule has 152 valence electrons. The fourth-order valence-corrected chi connectivity index (χ4v) is 3.56. The number of halogens is 1. The topological polar surface area (TPSA) is 60.4 Å². The Kier molecular flexibility index (Phi) is 6.87. The molecule has 3 aromatic rings. The summed E-state index contributed by atoms with van der Waals surface area (Å²) in [7, 11) is -3.89. The van der Waals surface area contributed by atoms with Crippen molar-refractivity contribution >= 4 is 39.7 Å². The monoisotopic (exact) mass is 438 g/mol. The summed E-state index contributed by atoms with van der Waals surface area (Å²) in [5.41, 5.74) is 2.57. The quantitative estimate of drug-likeness (QED) is 0.350. The van der Waals surface area contributed by atoms with E-state index in [1.807, 2.05) is 19.1 Å². The molecule has 0 aliphatic rings. The van der Waals surface area contributed by atoms with E-state index in [2.05, 4.69) is 0 Å². The predicted molar refractivity (Wildman–Crippen MR) is 120 cm³/mol. The van der Waals surface area contributed by atoms with E-state index in [-0.39, 0.29) is 16.4 Å². The second-order valence-electron chi connectivity index (χ2n) is 6.54. The molecule has 0 heterocycles. The molecule has 3 aromatic carbocycles. The molecule has 0 amide bonds. The number of aryl methyl sites for hydroxylation is 1. The molecule has 0 unspecified atom stereocenters. The number of carbonyl (C=O) groups excluding carboxylic acids is 1. The Balaban J connectivity index is 1.61. The number of rotatable bonds is 7. The van der Waals surface area contributed by atoms with Crippen molar-refractivity contribution in [2.75, 3.05) is 0 Å². The van der Waals surface area contributed by atoms with Gasteiger partial charge in [-0.25, -0.2) is 0 Å². The molecule has 0 atom stereocenters. The van der Waals surface area contributed by atoms with Crippen molar-refractivity contribution in [2.45, 2.75) is 11.8 Å². The Morgan fingerprint density at radius 2 is 1.30 bits per heavy atom. The van der Waals surface area contributed by atoms with Crippen molar-refractivity contribution in [3.63, 3.8) is 0 Å². The van der Waals surface area contributed by atoms with Crippen LogP contribution in [0.2, 0.25) is 5.02 Å². The average molecular weight is 439 g/mol. The van der Waals surface area contributed by atoms with Crippen LogP contribution >= 0.6 is 11.6 Å². The van der Waals surface area contributed by atoms with Gasteiger partial charge in [-0.05, 0) is 66.6 Å². The van der Waals surface area contributed by atoms with Crippen LogP contribution in [0, 0.1) is 6.92 Å². The van der Waals surface area contributed by atoms with Crippen molar-refractivity contribution < 1.29 is 17.4 Å². The van der Waals surface area contributed by atoms with Gasteiger partial charge in [-0.15, -0.1) is 0 Å². The Hall–Kier alpha value is -3.15. The van der Waals surface area contributed by atoms with Crippen molar-refractivity contribution in [1.82, 2.24) is 0 Å². The van der Waals surface area contributed by atoms with E-state index in [0.29, 0.717) is 5.02 Å². The van der Waals surface area contributed by atoms with Crippen LogP contribution in [0.15, 0.2) is 89.8 Å². The van der Waals surface area contributed by atoms with E-state index in [4.69, 9.17) is 15.8 Å². The first-order chi connectivity index (χ1) is 14.3. The molecule has 6 heteroatoms. The molecule has 0 saturated heterocycles. The van der Waals surface area contributed by atoms with Gasteiger partial charge in [0.2, 0.25) is 0 Å². The van der Waals surface area contributed by atoms with Gasteiger partial charge in [-0.2, -0.15) is 8.42 Å². The van der Waals surface area contributed by atoms with Gasteiger partial charge in [0, 0.05) is 5.02 Å². The van der Waals surface area contributed by atoms with E-state index >= 15 is 0 Å². The summed E-state index contributed by atoms with van der Waals surface area (Å²) in [5.74, 6) is 0.0221. The van der Waals surface area contributed by atoms with Crippen LogP contribution in [0.4, 0.5) is 0 Å². The van der Waals surface area contributed by atoms with Gasteiger partial charge in [-0.1, -0.05) is 65.7 Å². The molecular formula is C24H19ClO4S. The summed E-state index contributed by atoms with van der Waals surface area (Å²) in [6.07, 6.45) is 6.25. The molecule has 0 aliphatic heterocycles. The normalized spacial score (nSPS) is 11.8. The van der Waals surface area contributed by atoms with Gasteiger partial charge in [0.15, 0.2) is 5.78 Å². The first-order valence-corrected chi connectivity index (χ1v) is 10.9. The molecule has 0 bridgehead atoms. The van der Waals surface area contributed by atoms with E-state index in [9.17, 15) is 13.2 Å². The molecule has 0 N–H and O–H groups in total. The number of hydrogen-bond acceptors (Lipinski definition) is 4. The van der Waals surface area contributed by atoms with Gasteiger partial charge in [0.05, 0.1) is 0 Å². The lowest BCUT2D eigenvalue weighted by Gasteiger charge is -2.07. The van der Waals surface area contributed by atoms with Crippen LogP contribution in [0.1, 0.15) is 16.7 Å². The SMILES string of the molecule is Cc1ccc(S(=O)(=O)Oc2ccc(/C=C/C(=O)/C=C/c3ccc(Cl)cc3)cc2)cc1. The van der Waals surface area contributed by atoms with Gasteiger partial charge in [0.25, 0.3) is 0 Å². The second-order valence-corrected chi connectivity index (χ2v) is 8.52. The van der Waals surface area contributed by atoms with Crippen LogP contribution in [0.25, 0.3) is 12.2 Å². The molecule has 3 rings (SSSR count). The number of ketones is 1. The van der Waals surface area contributed by atoms with Crippen LogP contribution in [0.5, 0.6) is 5.75 Å². The fourth-order valence-electron chi connectivity index (χ4n) is 2.50. The summed E-state index contributed by atoms with van der Waals surface area (Å²) in [6, 6.07) is 20.0. The van der Waals surface area contributed by atoms with E-state index < -0.39 is 10.1 Å². The van der Waals surface area contributed by atoms with Gasteiger partial charge < -0.3 is 4.18 Å². The summed E-state index contributed by atoms with van der Waals surface area (Å²) in [4.78, 5) is 12.1. The number of carbonyl (C=O) groups is 1. The number of benzene rings is 3. The molecule has 30 heavy (non-hydrogen) atoms. The highest BCUT2D eigenvalue weighted by Gasteiger charge is 2.16. The molecule has 4 nitrogen and oxygen atoms in total. The van der Waals surface area contributed by atoms with Crippen LogP contribution in [-0.4, -0.2) is 14.2 Å². The second kappa shape index (κ2) is 9.57. The van der Waals surface area contributed by atoms with E-state index in [1.54, 1.807) is 60.7 Å². The standard InChI is InChI=1S/C24H19ClO4S/c1-18-2-16-24(17-3-18)30(27,28)29-23-14-8-20(9-15-23)7-13-22(26)12-6-19-4-10-21(25)11-5-19/h2-17H,1H3/b12-6+,13-7+. The van der Waals surface area contributed by atoms with Crippen molar-refractivity contribution in [2.24, 2.45) is 0 Å². The van der Waals surface area contributed by atoms with Crippen molar-refractivity contribution in [1.29, 1.82) is 0 Å². The predicted octanol–water partition coefficient (Wildman–Crippen LogP) is 5.71. The Morgan fingerprint density at radius 3 is 1.83 bits per heavy atom. The minimum atomic E-state index is -3.89. The first-order valence-electron chi connectivity index (χ1n) is 9.09. The lowest BCUT2D eigenvalue weighted by Crippen LogP contribution is -2.09. The van der Waals surface area contributed by atoms with Crippen LogP contribution < -0.4 is 4.18 Å². The van der Waals surface area contributed by atoms with Crippen LogP contribution in [0.3, 0.4) is 0 Å². The van der Waals surface area contributed by atoms with Gasteiger partial charge in [0.1, 0.15) is 10.6 Å². The van der Waals surface area contributed by atoms with E-state index in [0.717, 1.165) is 16.7 Å².